The Morgan fingerprint density at radius 3 is 2.59 bits per heavy atom. The van der Waals surface area contributed by atoms with Crippen LogP contribution in [0.5, 0.6) is 0 Å². The third-order valence-corrected chi connectivity index (χ3v) is 4.17. The van der Waals surface area contributed by atoms with Gasteiger partial charge in [0.25, 0.3) is 0 Å². The van der Waals surface area contributed by atoms with E-state index in [2.05, 4.69) is 9.98 Å². The van der Waals surface area contributed by atoms with Gasteiger partial charge in [-0.15, -0.1) is 0 Å². The summed E-state index contributed by atoms with van der Waals surface area (Å²) in [5, 5.41) is 0. The maximum atomic E-state index is 14.4. The molecule has 0 bridgehead atoms. The summed E-state index contributed by atoms with van der Waals surface area (Å²) in [6.45, 7) is 0. The summed E-state index contributed by atoms with van der Waals surface area (Å²) in [5.74, 6) is -0.272. The van der Waals surface area contributed by atoms with E-state index >= 15 is 0 Å². The number of pyridine rings is 1. The Kier molecular flexibility index (Phi) is 5.56. The highest BCUT2D eigenvalue weighted by Gasteiger charge is 2.17. The van der Waals surface area contributed by atoms with Crippen molar-refractivity contribution in [1.82, 2.24) is 9.88 Å². The smallest absolute Gasteiger partial charge is 0.216 e. The molecule has 136 valence electrons. The largest absolute Gasteiger partial charge is 0.369 e. The van der Waals surface area contributed by atoms with Crippen LogP contribution in [0.4, 0.5) is 4.39 Å². The summed E-state index contributed by atoms with van der Waals surface area (Å²) in [7, 11) is 1.53. The Balaban J connectivity index is 2.12. The minimum atomic E-state index is -0.482. The van der Waals surface area contributed by atoms with Gasteiger partial charge in [0.1, 0.15) is 11.9 Å². The lowest BCUT2D eigenvalue weighted by Gasteiger charge is -2.18. The van der Waals surface area contributed by atoms with E-state index in [1.165, 1.54) is 18.0 Å². The number of guanidine groups is 1. The standard InChI is InChI=1S/C21H19FN4O/c1-26(14-27)21(23)25-20(15-6-3-2-4-7-15)16-9-10-19(22)18(12-16)17-8-5-11-24-13-17/h2-14,20H,1H3,(H2,23,25). The number of benzene rings is 2. The first-order chi connectivity index (χ1) is 13.1. The van der Waals surface area contributed by atoms with Crippen molar-refractivity contribution >= 4 is 12.4 Å². The lowest BCUT2D eigenvalue weighted by molar-refractivity contribution is -0.114. The van der Waals surface area contributed by atoms with Crippen LogP contribution in [-0.2, 0) is 4.79 Å². The van der Waals surface area contributed by atoms with E-state index in [1.807, 2.05) is 30.3 Å². The molecule has 0 aliphatic carbocycles. The van der Waals surface area contributed by atoms with Crippen molar-refractivity contribution in [2.24, 2.45) is 10.7 Å². The average molecular weight is 362 g/mol. The minimum Gasteiger partial charge on any atom is -0.369 e. The maximum Gasteiger partial charge on any atom is 0.216 e. The first kappa shape index (κ1) is 18.3. The number of amides is 1. The van der Waals surface area contributed by atoms with Crippen molar-refractivity contribution in [1.29, 1.82) is 0 Å². The molecule has 2 N–H and O–H groups in total. The number of carbonyl (C=O) groups excluding carboxylic acids is 1. The average Bonchev–Trinajstić information content (AvgIpc) is 2.73. The number of aliphatic imine (C=N–C) groups is 1. The third kappa shape index (κ3) is 4.17. The van der Waals surface area contributed by atoms with Crippen molar-refractivity contribution in [3.63, 3.8) is 0 Å². The number of nitrogens with two attached hydrogens (primary N) is 1. The molecule has 3 aromatic rings. The number of nitrogens with zero attached hydrogens (tertiary/aromatic N) is 3. The summed E-state index contributed by atoms with van der Waals surface area (Å²) in [4.78, 5) is 20.8. The fourth-order valence-corrected chi connectivity index (χ4v) is 2.71. The van der Waals surface area contributed by atoms with Crippen molar-refractivity contribution in [3.8, 4) is 11.1 Å². The van der Waals surface area contributed by atoms with Crippen LogP contribution in [0.15, 0.2) is 78.0 Å². The molecule has 0 saturated heterocycles. The molecule has 0 spiro atoms. The van der Waals surface area contributed by atoms with Crippen LogP contribution in [0.25, 0.3) is 11.1 Å². The predicted octanol–water partition coefficient (Wildman–Crippen LogP) is 3.38. The van der Waals surface area contributed by atoms with Gasteiger partial charge in [0.2, 0.25) is 6.41 Å². The molecule has 27 heavy (non-hydrogen) atoms. The monoisotopic (exact) mass is 362 g/mol. The molecule has 0 aliphatic heterocycles. The summed E-state index contributed by atoms with van der Waals surface area (Å²) in [5.41, 5.74) is 8.68. The van der Waals surface area contributed by atoms with Gasteiger partial charge in [-0.1, -0.05) is 42.5 Å². The van der Waals surface area contributed by atoms with Gasteiger partial charge in [-0.3, -0.25) is 14.7 Å². The lowest BCUT2D eigenvalue weighted by atomic mass is 9.95. The molecule has 6 heteroatoms. The molecule has 0 fully saturated rings. The molecule has 1 heterocycles. The number of hydrogen-bond donors (Lipinski definition) is 1. The van der Waals surface area contributed by atoms with E-state index < -0.39 is 6.04 Å². The van der Waals surface area contributed by atoms with Gasteiger partial charge in [0.05, 0.1) is 0 Å². The quantitative estimate of drug-likeness (QED) is 0.430. The normalized spacial score (nSPS) is 12.4. The highest BCUT2D eigenvalue weighted by Crippen LogP contribution is 2.31. The van der Waals surface area contributed by atoms with E-state index in [9.17, 15) is 9.18 Å². The van der Waals surface area contributed by atoms with Crippen LogP contribution < -0.4 is 5.73 Å². The molecule has 3 rings (SSSR count). The van der Waals surface area contributed by atoms with Crippen LogP contribution >= 0.6 is 0 Å². The van der Waals surface area contributed by atoms with E-state index in [0.717, 1.165) is 11.1 Å². The number of carbonyl (C=O) groups is 1. The molecular formula is C21H19FN4O. The van der Waals surface area contributed by atoms with Crippen LogP contribution in [-0.4, -0.2) is 29.3 Å². The highest BCUT2D eigenvalue weighted by molar-refractivity contribution is 5.87. The van der Waals surface area contributed by atoms with Crippen molar-refractivity contribution in [3.05, 3.63) is 90.0 Å². The molecule has 0 radical (unpaired) electrons. The van der Waals surface area contributed by atoms with E-state index in [0.29, 0.717) is 17.5 Å². The maximum absolute atomic E-state index is 14.4. The zero-order valence-corrected chi connectivity index (χ0v) is 14.8. The number of hydrogen-bond acceptors (Lipinski definition) is 3. The second-order valence-electron chi connectivity index (χ2n) is 6.00. The van der Waals surface area contributed by atoms with E-state index in [1.54, 1.807) is 36.7 Å². The van der Waals surface area contributed by atoms with E-state index in [-0.39, 0.29) is 11.8 Å². The fraction of sp³-hybridized carbons (Fsp3) is 0.0952. The summed E-state index contributed by atoms with van der Waals surface area (Å²) < 4.78 is 14.4. The number of rotatable bonds is 5. The van der Waals surface area contributed by atoms with Gasteiger partial charge < -0.3 is 5.73 Å². The van der Waals surface area contributed by atoms with Gasteiger partial charge in [0, 0.05) is 30.6 Å². The third-order valence-electron chi connectivity index (χ3n) is 4.17. The zero-order valence-electron chi connectivity index (χ0n) is 14.8. The predicted molar refractivity (Wildman–Crippen MR) is 103 cm³/mol. The van der Waals surface area contributed by atoms with Gasteiger partial charge in [-0.05, 0) is 29.3 Å². The second kappa shape index (κ2) is 8.23. The van der Waals surface area contributed by atoms with Gasteiger partial charge in [-0.25, -0.2) is 9.38 Å². The lowest BCUT2D eigenvalue weighted by Crippen LogP contribution is -2.33. The molecule has 0 saturated carbocycles. The van der Waals surface area contributed by atoms with Gasteiger partial charge in [0.15, 0.2) is 5.96 Å². The first-order valence-corrected chi connectivity index (χ1v) is 8.36. The summed E-state index contributed by atoms with van der Waals surface area (Å²) in [6.07, 6.45) is 3.84. The molecule has 1 aromatic heterocycles. The Morgan fingerprint density at radius 2 is 1.93 bits per heavy atom. The molecule has 1 atom stereocenters. The summed E-state index contributed by atoms with van der Waals surface area (Å²) >= 11 is 0. The molecule has 5 nitrogen and oxygen atoms in total. The first-order valence-electron chi connectivity index (χ1n) is 8.36. The second-order valence-corrected chi connectivity index (χ2v) is 6.00. The van der Waals surface area contributed by atoms with Gasteiger partial charge in [-0.2, -0.15) is 0 Å². The zero-order chi connectivity index (χ0) is 19.2. The molecule has 1 amide bonds. The van der Waals surface area contributed by atoms with Crippen molar-refractivity contribution < 1.29 is 9.18 Å². The van der Waals surface area contributed by atoms with Crippen molar-refractivity contribution in [2.75, 3.05) is 7.05 Å². The Bertz CT molecular complexity index is 945. The molecular weight excluding hydrogens is 343 g/mol. The van der Waals surface area contributed by atoms with Crippen LogP contribution in [0.1, 0.15) is 17.2 Å². The van der Waals surface area contributed by atoms with Gasteiger partial charge >= 0.3 is 0 Å². The number of aromatic nitrogens is 1. The molecule has 2 aromatic carbocycles. The van der Waals surface area contributed by atoms with Crippen LogP contribution in [0.2, 0.25) is 0 Å². The Morgan fingerprint density at radius 1 is 1.15 bits per heavy atom. The fourth-order valence-electron chi connectivity index (χ4n) is 2.71. The Labute approximate surface area is 157 Å². The highest BCUT2D eigenvalue weighted by atomic mass is 19.1. The Hall–Kier alpha value is -3.54. The minimum absolute atomic E-state index is 0.0751. The van der Waals surface area contributed by atoms with Crippen LogP contribution in [0.3, 0.4) is 0 Å². The molecule has 0 aliphatic rings. The topological polar surface area (TPSA) is 71.6 Å². The number of halogens is 1. The summed E-state index contributed by atoms with van der Waals surface area (Å²) in [6, 6.07) is 17.4. The SMILES string of the molecule is CN(C=O)C(N)=NC(c1ccccc1)c1ccc(F)c(-c2cccnc2)c1. The van der Waals surface area contributed by atoms with Crippen LogP contribution in [0, 0.1) is 5.82 Å². The van der Waals surface area contributed by atoms with E-state index in [4.69, 9.17) is 5.73 Å². The van der Waals surface area contributed by atoms with Crippen molar-refractivity contribution in [2.45, 2.75) is 6.04 Å². The molecule has 1 unspecified atom stereocenters.